The predicted molar refractivity (Wildman–Crippen MR) is 117 cm³/mol. The molecule has 0 aliphatic carbocycles. The smallest absolute Gasteiger partial charge is 0.248 e. The summed E-state index contributed by atoms with van der Waals surface area (Å²) in [6.45, 7) is 4.64. The van der Waals surface area contributed by atoms with Crippen LogP contribution in [-0.2, 0) is 21.2 Å². The molecule has 2 aliphatic heterocycles. The van der Waals surface area contributed by atoms with E-state index < -0.39 is 10.0 Å². The highest BCUT2D eigenvalue weighted by Crippen LogP contribution is 2.31. The van der Waals surface area contributed by atoms with Gasteiger partial charge in [-0.05, 0) is 57.6 Å². The molecule has 7 nitrogen and oxygen atoms in total. The monoisotopic (exact) mass is 465 g/mol. The molecular weight excluding hydrogens is 438 g/mol. The van der Waals surface area contributed by atoms with Crippen LogP contribution >= 0.6 is 11.6 Å². The lowest BCUT2D eigenvalue weighted by molar-refractivity contribution is -0.137. The summed E-state index contributed by atoms with van der Waals surface area (Å²) in [4.78, 5) is 15.4. The molecule has 0 bridgehead atoms. The second kappa shape index (κ2) is 8.92. The number of carbonyl (C=O) groups excluding carboxylic acids is 1. The summed E-state index contributed by atoms with van der Waals surface area (Å²) < 4.78 is 32.6. The van der Waals surface area contributed by atoms with Gasteiger partial charge < -0.3 is 9.42 Å². The third kappa shape index (κ3) is 4.38. The number of piperidine rings is 1. The van der Waals surface area contributed by atoms with Crippen molar-refractivity contribution in [2.75, 3.05) is 19.6 Å². The maximum atomic E-state index is 13.3. The lowest BCUT2D eigenvalue weighted by atomic mass is 9.95. The molecular formula is C22H28ClN3O4S. The summed E-state index contributed by atoms with van der Waals surface area (Å²) in [7, 11) is -3.67. The second-order valence-electron chi connectivity index (χ2n) is 8.45. The van der Waals surface area contributed by atoms with Crippen molar-refractivity contribution in [1.29, 1.82) is 0 Å². The summed E-state index contributed by atoms with van der Waals surface area (Å²) in [5.74, 6) is 0.294. The number of rotatable bonds is 5. The van der Waals surface area contributed by atoms with Crippen molar-refractivity contribution in [3.63, 3.8) is 0 Å². The standard InChI is InChI=1S/C22H28ClN3O4S/c1-15-21(16(2)30-24-15)31(28,29)25-12-9-17(10-13-25)22(27)26-11-5-7-19(26)14-18-6-3-4-8-20(18)23/h3-4,6,8,17,19H,5,7,9-14H2,1-2H3. The maximum Gasteiger partial charge on any atom is 0.248 e. The number of carbonyl (C=O) groups is 1. The number of benzene rings is 1. The molecule has 1 unspecified atom stereocenters. The summed E-state index contributed by atoms with van der Waals surface area (Å²) in [6.07, 6.45) is 3.76. The van der Waals surface area contributed by atoms with Crippen LogP contribution in [-0.4, -0.2) is 54.4 Å². The zero-order chi connectivity index (χ0) is 22.2. The Labute approximate surface area is 188 Å². The Kier molecular flexibility index (Phi) is 6.42. The fourth-order valence-corrected chi connectivity index (χ4v) is 6.78. The van der Waals surface area contributed by atoms with Crippen LogP contribution in [0.4, 0.5) is 0 Å². The van der Waals surface area contributed by atoms with E-state index in [4.69, 9.17) is 16.1 Å². The molecule has 0 N–H and O–H groups in total. The van der Waals surface area contributed by atoms with Gasteiger partial charge in [-0.2, -0.15) is 4.31 Å². The van der Waals surface area contributed by atoms with Gasteiger partial charge in [-0.25, -0.2) is 8.42 Å². The first-order valence-electron chi connectivity index (χ1n) is 10.8. The number of aromatic nitrogens is 1. The number of hydrogen-bond donors (Lipinski definition) is 0. The number of aryl methyl sites for hydroxylation is 2. The van der Waals surface area contributed by atoms with E-state index in [1.54, 1.807) is 13.8 Å². The van der Waals surface area contributed by atoms with Gasteiger partial charge in [-0.15, -0.1) is 0 Å². The Morgan fingerprint density at radius 3 is 2.52 bits per heavy atom. The number of amides is 1. The van der Waals surface area contributed by atoms with E-state index in [1.807, 2.05) is 29.2 Å². The average Bonchev–Trinajstić information content (AvgIpc) is 3.35. The minimum atomic E-state index is -3.67. The Bertz CT molecular complexity index is 1040. The van der Waals surface area contributed by atoms with Gasteiger partial charge in [0.1, 0.15) is 10.6 Å². The summed E-state index contributed by atoms with van der Waals surface area (Å²) in [5, 5.41) is 4.51. The van der Waals surface area contributed by atoms with Gasteiger partial charge in [-0.3, -0.25) is 4.79 Å². The van der Waals surface area contributed by atoms with Gasteiger partial charge in [0.2, 0.25) is 15.9 Å². The molecule has 1 aromatic carbocycles. The van der Waals surface area contributed by atoms with Crippen molar-refractivity contribution in [2.45, 2.75) is 56.9 Å². The van der Waals surface area contributed by atoms with Crippen molar-refractivity contribution < 1.29 is 17.7 Å². The fourth-order valence-electron chi connectivity index (χ4n) is 4.81. The molecule has 168 valence electrons. The third-order valence-electron chi connectivity index (χ3n) is 6.44. The van der Waals surface area contributed by atoms with Crippen LogP contribution in [0.15, 0.2) is 33.7 Å². The van der Waals surface area contributed by atoms with Crippen molar-refractivity contribution >= 4 is 27.5 Å². The molecule has 31 heavy (non-hydrogen) atoms. The molecule has 2 saturated heterocycles. The Hall–Kier alpha value is -1.90. The molecule has 9 heteroatoms. The zero-order valence-electron chi connectivity index (χ0n) is 17.9. The van der Waals surface area contributed by atoms with Crippen molar-refractivity contribution in [3.8, 4) is 0 Å². The van der Waals surface area contributed by atoms with Crippen LogP contribution in [0.2, 0.25) is 5.02 Å². The molecule has 1 atom stereocenters. The minimum absolute atomic E-state index is 0.143. The van der Waals surface area contributed by atoms with E-state index in [1.165, 1.54) is 4.31 Å². The maximum absolute atomic E-state index is 13.3. The zero-order valence-corrected chi connectivity index (χ0v) is 19.5. The molecule has 1 amide bonds. The van der Waals surface area contributed by atoms with Crippen molar-refractivity contribution in [3.05, 3.63) is 46.3 Å². The molecule has 1 aromatic heterocycles. The van der Waals surface area contributed by atoms with E-state index in [0.29, 0.717) is 37.4 Å². The second-order valence-corrected chi connectivity index (χ2v) is 10.7. The SMILES string of the molecule is Cc1noc(C)c1S(=O)(=O)N1CCC(C(=O)N2CCCC2Cc2ccccc2Cl)CC1. The van der Waals surface area contributed by atoms with Crippen LogP contribution in [0.1, 0.15) is 42.7 Å². The highest BCUT2D eigenvalue weighted by atomic mass is 35.5. The molecule has 4 rings (SSSR count). The lowest BCUT2D eigenvalue weighted by Gasteiger charge is -2.34. The van der Waals surface area contributed by atoms with Gasteiger partial charge in [0.25, 0.3) is 0 Å². The van der Waals surface area contributed by atoms with Crippen LogP contribution < -0.4 is 0 Å². The number of halogens is 1. The highest BCUT2D eigenvalue weighted by molar-refractivity contribution is 7.89. The molecule has 2 aromatic rings. The predicted octanol–water partition coefficient (Wildman–Crippen LogP) is 3.58. The Morgan fingerprint density at radius 2 is 1.87 bits per heavy atom. The number of sulfonamides is 1. The number of likely N-dealkylation sites (tertiary alicyclic amines) is 1. The largest absolute Gasteiger partial charge is 0.360 e. The fraction of sp³-hybridized carbons (Fsp3) is 0.545. The third-order valence-corrected chi connectivity index (χ3v) is 8.95. The van der Waals surface area contributed by atoms with E-state index in [2.05, 4.69) is 5.16 Å². The normalized spacial score (nSPS) is 21.0. The first-order valence-corrected chi connectivity index (χ1v) is 12.6. The van der Waals surface area contributed by atoms with Crippen LogP contribution in [0, 0.1) is 19.8 Å². The van der Waals surface area contributed by atoms with Crippen LogP contribution in [0.25, 0.3) is 0 Å². The lowest BCUT2D eigenvalue weighted by Crippen LogP contribution is -2.46. The highest BCUT2D eigenvalue weighted by Gasteiger charge is 2.38. The summed E-state index contributed by atoms with van der Waals surface area (Å²) >= 11 is 6.32. The molecule has 0 radical (unpaired) electrons. The van der Waals surface area contributed by atoms with Crippen molar-refractivity contribution in [1.82, 2.24) is 14.4 Å². The quantitative estimate of drug-likeness (QED) is 0.673. The summed E-state index contributed by atoms with van der Waals surface area (Å²) in [6, 6.07) is 7.93. The van der Waals surface area contributed by atoms with Gasteiger partial charge in [-0.1, -0.05) is 35.0 Å². The average molecular weight is 466 g/mol. The van der Waals surface area contributed by atoms with E-state index in [-0.39, 0.29) is 22.8 Å². The van der Waals surface area contributed by atoms with Crippen molar-refractivity contribution in [2.24, 2.45) is 5.92 Å². The molecule has 3 heterocycles. The van der Waals surface area contributed by atoms with E-state index >= 15 is 0 Å². The first kappa shape index (κ1) is 22.3. The molecule has 0 spiro atoms. The Morgan fingerprint density at radius 1 is 1.16 bits per heavy atom. The summed E-state index contributed by atoms with van der Waals surface area (Å²) in [5.41, 5.74) is 1.43. The van der Waals surface area contributed by atoms with Gasteiger partial charge in [0, 0.05) is 36.6 Å². The van der Waals surface area contributed by atoms with Gasteiger partial charge >= 0.3 is 0 Å². The number of nitrogens with zero attached hydrogens (tertiary/aromatic N) is 3. The van der Waals surface area contributed by atoms with E-state index in [9.17, 15) is 13.2 Å². The Balaban J connectivity index is 1.40. The first-order chi connectivity index (χ1) is 14.8. The molecule has 0 saturated carbocycles. The van der Waals surface area contributed by atoms with Crippen LogP contribution in [0.5, 0.6) is 0 Å². The number of hydrogen-bond acceptors (Lipinski definition) is 5. The van der Waals surface area contributed by atoms with E-state index in [0.717, 1.165) is 36.4 Å². The molecule has 2 fully saturated rings. The van der Waals surface area contributed by atoms with Crippen LogP contribution in [0.3, 0.4) is 0 Å². The topological polar surface area (TPSA) is 83.7 Å². The van der Waals surface area contributed by atoms with Gasteiger partial charge in [0.05, 0.1) is 0 Å². The molecule has 2 aliphatic rings. The van der Waals surface area contributed by atoms with Gasteiger partial charge in [0.15, 0.2) is 5.76 Å². The minimum Gasteiger partial charge on any atom is -0.360 e.